The normalized spacial score (nSPS) is 28.9. The summed E-state index contributed by atoms with van der Waals surface area (Å²) in [5.74, 6) is 1.63. The minimum absolute atomic E-state index is 0.221. The topological polar surface area (TPSA) is 38.7 Å². The van der Waals surface area contributed by atoms with Crippen LogP contribution in [0.5, 0.6) is 0 Å². The molecule has 0 spiro atoms. The van der Waals surface area contributed by atoms with Gasteiger partial charge in [0, 0.05) is 0 Å². The number of fused-ring (bicyclic) bond motifs is 1. The number of hydrogen-bond acceptors (Lipinski definition) is 3. The third-order valence-electron chi connectivity index (χ3n) is 2.29. The molecule has 2 atom stereocenters. The van der Waals surface area contributed by atoms with E-state index in [1.165, 1.54) is 0 Å². The van der Waals surface area contributed by atoms with E-state index in [2.05, 4.69) is 0 Å². The van der Waals surface area contributed by atoms with Gasteiger partial charge in [-0.05, 0) is 31.9 Å². The van der Waals surface area contributed by atoms with Crippen LogP contribution < -0.4 is 0 Å². The van der Waals surface area contributed by atoms with E-state index >= 15 is 0 Å². The fraction of sp³-hybridized carbons (Fsp3) is 0.600. The summed E-state index contributed by atoms with van der Waals surface area (Å²) in [6.07, 6.45) is 5.36. The highest BCUT2D eigenvalue weighted by Crippen LogP contribution is 2.27. The maximum atomic E-state index is 9.32. The molecule has 1 N–H and O–H groups in total. The third-order valence-corrected chi connectivity index (χ3v) is 2.29. The molecule has 0 saturated carbocycles. The highest BCUT2D eigenvalue weighted by molar-refractivity contribution is 5.25. The van der Waals surface area contributed by atoms with Crippen molar-refractivity contribution in [1.29, 1.82) is 0 Å². The molecule has 0 aromatic carbocycles. The van der Waals surface area contributed by atoms with Crippen LogP contribution in [0.15, 0.2) is 23.7 Å². The first-order chi connectivity index (χ1) is 6.27. The first-order valence-electron chi connectivity index (χ1n) is 4.65. The highest BCUT2D eigenvalue weighted by atomic mass is 16.6. The van der Waals surface area contributed by atoms with Crippen LogP contribution in [0, 0.1) is 0 Å². The molecule has 1 saturated heterocycles. The fourth-order valence-electron chi connectivity index (χ4n) is 1.47. The van der Waals surface area contributed by atoms with Crippen molar-refractivity contribution in [3.63, 3.8) is 0 Å². The maximum absolute atomic E-state index is 9.32. The number of ether oxygens (including phenoxy) is 2. The van der Waals surface area contributed by atoms with Crippen molar-refractivity contribution in [1.82, 2.24) is 0 Å². The van der Waals surface area contributed by atoms with E-state index in [1.807, 2.05) is 12.2 Å². The van der Waals surface area contributed by atoms with E-state index in [9.17, 15) is 5.11 Å². The predicted molar refractivity (Wildman–Crippen MR) is 47.9 cm³/mol. The van der Waals surface area contributed by atoms with Gasteiger partial charge in [0.1, 0.15) is 6.61 Å². The molecule has 1 aliphatic carbocycles. The van der Waals surface area contributed by atoms with E-state index < -0.39 is 6.10 Å². The Bertz CT molecular complexity index is 253. The van der Waals surface area contributed by atoms with E-state index in [1.54, 1.807) is 6.92 Å². The molecule has 0 radical (unpaired) electrons. The molecule has 13 heavy (non-hydrogen) atoms. The second-order valence-electron chi connectivity index (χ2n) is 3.42. The minimum Gasteiger partial charge on any atom is -0.486 e. The zero-order valence-corrected chi connectivity index (χ0v) is 7.69. The van der Waals surface area contributed by atoms with Gasteiger partial charge < -0.3 is 14.6 Å². The number of allylic oxidation sites excluding steroid dienone is 2. The van der Waals surface area contributed by atoms with Gasteiger partial charge in [0.15, 0.2) is 17.6 Å². The van der Waals surface area contributed by atoms with Gasteiger partial charge in [-0.2, -0.15) is 0 Å². The summed E-state index contributed by atoms with van der Waals surface area (Å²) < 4.78 is 11.0. The minimum atomic E-state index is -0.482. The lowest BCUT2D eigenvalue weighted by Gasteiger charge is -2.31. The Balaban J connectivity index is 2.08. The molecule has 3 nitrogen and oxygen atoms in total. The van der Waals surface area contributed by atoms with Gasteiger partial charge in [0.25, 0.3) is 0 Å². The Kier molecular flexibility index (Phi) is 2.27. The van der Waals surface area contributed by atoms with Gasteiger partial charge in [0.2, 0.25) is 0 Å². The van der Waals surface area contributed by atoms with E-state index in [0.29, 0.717) is 6.61 Å². The number of aliphatic hydroxyl groups is 1. The zero-order chi connectivity index (χ0) is 9.26. The first kappa shape index (κ1) is 8.63. The zero-order valence-electron chi connectivity index (χ0n) is 7.69. The van der Waals surface area contributed by atoms with E-state index in [-0.39, 0.29) is 6.10 Å². The summed E-state index contributed by atoms with van der Waals surface area (Å²) in [7, 11) is 0. The van der Waals surface area contributed by atoms with Crippen LogP contribution in [0.1, 0.15) is 19.8 Å². The standard InChI is InChI=1S/C10H14O3/c1-7(11)10-6-12-8-4-2-3-5-9(8)13-10/h4-5,7,10-11H,2-3,6H2,1H3. The SMILES string of the molecule is CC(O)C1COC2=CCCC=C2O1. The van der Waals surface area contributed by atoms with Crippen LogP contribution in [0.3, 0.4) is 0 Å². The lowest BCUT2D eigenvalue weighted by Crippen LogP contribution is -2.35. The second kappa shape index (κ2) is 3.42. The molecule has 1 aliphatic heterocycles. The summed E-state index contributed by atoms with van der Waals surface area (Å²) in [6.45, 7) is 2.16. The maximum Gasteiger partial charge on any atom is 0.158 e. The number of aliphatic hydroxyl groups excluding tert-OH is 1. The Morgan fingerprint density at radius 1 is 1.38 bits per heavy atom. The van der Waals surface area contributed by atoms with Gasteiger partial charge in [-0.25, -0.2) is 0 Å². The molecule has 0 aromatic heterocycles. The molecule has 2 aliphatic rings. The lowest BCUT2D eigenvalue weighted by molar-refractivity contribution is -0.0672. The van der Waals surface area contributed by atoms with Crippen LogP contribution in [-0.4, -0.2) is 23.9 Å². The van der Waals surface area contributed by atoms with Gasteiger partial charge in [-0.15, -0.1) is 0 Å². The Labute approximate surface area is 77.7 Å². The van der Waals surface area contributed by atoms with Crippen LogP contribution in [0.2, 0.25) is 0 Å². The average Bonchev–Trinajstić information content (AvgIpc) is 2.17. The van der Waals surface area contributed by atoms with Gasteiger partial charge in [-0.3, -0.25) is 0 Å². The van der Waals surface area contributed by atoms with Crippen molar-refractivity contribution >= 4 is 0 Å². The Hall–Kier alpha value is -0.960. The molecule has 0 bridgehead atoms. The molecule has 1 fully saturated rings. The Morgan fingerprint density at radius 3 is 2.77 bits per heavy atom. The van der Waals surface area contributed by atoms with Gasteiger partial charge in [-0.1, -0.05) is 0 Å². The largest absolute Gasteiger partial charge is 0.486 e. The first-order valence-corrected chi connectivity index (χ1v) is 4.65. The van der Waals surface area contributed by atoms with Crippen molar-refractivity contribution < 1.29 is 14.6 Å². The quantitative estimate of drug-likeness (QED) is 0.665. The fourth-order valence-corrected chi connectivity index (χ4v) is 1.47. The molecule has 72 valence electrons. The predicted octanol–water partition coefficient (Wildman–Crippen LogP) is 1.34. The second-order valence-corrected chi connectivity index (χ2v) is 3.42. The molecule has 2 unspecified atom stereocenters. The number of hydrogen-bond donors (Lipinski definition) is 1. The summed E-state index contributed by atoms with van der Waals surface area (Å²) in [6, 6.07) is 0. The molecule has 3 heteroatoms. The van der Waals surface area contributed by atoms with Crippen molar-refractivity contribution in [2.24, 2.45) is 0 Å². The lowest BCUT2D eigenvalue weighted by atomic mass is 10.1. The monoisotopic (exact) mass is 182 g/mol. The molecule has 0 amide bonds. The van der Waals surface area contributed by atoms with Crippen LogP contribution in [0.4, 0.5) is 0 Å². The molecule has 1 heterocycles. The Morgan fingerprint density at radius 2 is 2.08 bits per heavy atom. The van der Waals surface area contributed by atoms with Crippen LogP contribution >= 0.6 is 0 Å². The van der Waals surface area contributed by atoms with Crippen LogP contribution in [0.25, 0.3) is 0 Å². The van der Waals surface area contributed by atoms with Crippen molar-refractivity contribution in [3.05, 3.63) is 23.7 Å². The highest BCUT2D eigenvalue weighted by Gasteiger charge is 2.27. The van der Waals surface area contributed by atoms with E-state index in [0.717, 1.165) is 24.4 Å². The van der Waals surface area contributed by atoms with Crippen molar-refractivity contribution in [3.8, 4) is 0 Å². The third kappa shape index (κ3) is 1.70. The molecular weight excluding hydrogens is 168 g/mol. The summed E-state index contributed by atoms with van der Waals surface area (Å²) in [5.41, 5.74) is 0. The van der Waals surface area contributed by atoms with Crippen LogP contribution in [-0.2, 0) is 9.47 Å². The smallest absolute Gasteiger partial charge is 0.158 e. The molecule has 2 rings (SSSR count). The molecule has 0 aromatic rings. The van der Waals surface area contributed by atoms with E-state index in [4.69, 9.17) is 9.47 Å². The summed E-state index contributed by atoms with van der Waals surface area (Å²) >= 11 is 0. The van der Waals surface area contributed by atoms with Gasteiger partial charge >= 0.3 is 0 Å². The van der Waals surface area contributed by atoms with Crippen molar-refractivity contribution in [2.75, 3.05) is 6.61 Å². The van der Waals surface area contributed by atoms with Gasteiger partial charge in [0.05, 0.1) is 6.10 Å². The average molecular weight is 182 g/mol. The summed E-state index contributed by atoms with van der Waals surface area (Å²) in [5, 5.41) is 9.32. The van der Waals surface area contributed by atoms with Crippen molar-refractivity contribution in [2.45, 2.75) is 32.0 Å². The molecular formula is C10H14O3. The summed E-state index contributed by atoms with van der Waals surface area (Å²) in [4.78, 5) is 0. The number of rotatable bonds is 1.